The van der Waals surface area contributed by atoms with Crippen molar-refractivity contribution in [3.8, 4) is 5.88 Å². The van der Waals surface area contributed by atoms with Gasteiger partial charge in [0.25, 0.3) is 0 Å². The number of hydrogen-bond acceptors (Lipinski definition) is 5. The molecule has 0 radical (unpaired) electrons. The average molecular weight is 279 g/mol. The molecule has 2 heterocycles. The lowest BCUT2D eigenvalue weighted by atomic mass is 9.96. The number of nitrogens with two attached hydrogens (primary N) is 1. The molecule has 104 valence electrons. The molecule has 0 aliphatic heterocycles. The number of nitrogens with zero attached hydrogens (tertiary/aromatic N) is 2. The van der Waals surface area contributed by atoms with E-state index in [1.165, 1.54) is 10.4 Å². The summed E-state index contributed by atoms with van der Waals surface area (Å²) in [5, 5.41) is 1.03. The highest BCUT2D eigenvalue weighted by atomic mass is 32.1. The fourth-order valence-electron chi connectivity index (χ4n) is 1.93. The van der Waals surface area contributed by atoms with Crippen LogP contribution in [-0.2, 0) is 0 Å². The molecule has 5 heteroatoms. The van der Waals surface area contributed by atoms with Crippen LogP contribution in [0.1, 0.15) is 37.1 Å². The molecule has 2 rings (SSSR count). The predicted octanol–water partition coefficient (Wildman–Crippen LogP) is 3.20. The molecule has 4 nitrogen and oxygen atoms in total. The van der Waals surface area contributed by atoms with Crippen LogP contribution in [0.2, 0.25) is 0 Å². The monoisotopic (exact) mass is 279 g/mol. The maximum atomic E-state index is 6.27. The first-order valence-corrected chi connectivity index (χ1v) is 7.44. The number of thiophene rings is 1. The summed E-state index contributed by atoms with van der Waals surface area (Å²) in [5.41, 5.74) is 7.18. The van der Waals surface area contributed by atoms with E-state index in [1.54, 1.807) is 17.7 Å². The zero-order valence-corrected chi connectivity index (χ0v) is 12.8. The molecule has 0 saturated carbocycles. The van der Waals surface area contributed by atoms with Gasteiger partial charge in [0.2, 0.25) is 5.88 Å². The van der Waals surface area contributed by atoms with E-state index in [9.17, 15) is 0 Å². The van der Waals surface area contributed by atoms with E-state index >= 15 is 0 Å². The highest BCUT2D eigenvalue weighted by molar-refractivity contribution is 7.18. The molecular formula is C14H21N3OS. The third-order valence-electron chi connectivity index (χ3n) is 3.84. The fourth-order valence-corrected chi connectivity index (χ4v) is 2.91. The molecule has 0 atom stereocenters. The van der Waals surface area contributed by atoms with Gasteiger partial charge in [-0.2, -0.15) is 0 Å². The summed E-state index contributed by atoms with van der Waals surface area (Å²) in [4.78, 5) is 10.8. The van der Waals surface area contributed by atoms with Crippen LogP contribution in [0.3, 0.4) is 0 Å². The lowest BCUT2D eigenvalue weighted by molar-refractivity contribution is 0.203. The molecule has 0 bridgehead atoms. The van der Waals surface area contributed by atoms with Crippen molar-refractivity contribution in [2.24, 2.45) is 5.73 Å². The van der Waals surface area contributed by atoms with Gasteiger partial charge >= 0.3 is 0 Å². The molecule has 19 heavy (non-hydrogen) atoms. The van der Waals surface area contributed by atoms with Gasteiger partial charge in [-0.05, 0) is 32.3 Å². The highest BCUT2D eigenvalue weighted by Gasteiger charge is 2.22. The van der Waals surface area contributed by atoms with Crippen LogP contribution in [0.15, 0.2) is 6.33 Å². The number of aryl methyl sites for hydroxylation is 2. The van der Waals surface area contributed by atoms with E-state index in [-0.39, 0.29) is 5.54 Å². The van der Waals surface area contributed by atoms with Crippen LogP contribution >= 0.6 is 11.3 Å². The van der Waals surface area contributed by atoms with E-state index in [4.69, 9.17) is 10.5 Å². The van der Waals surface area contributed by atoms with Gasteiger partial charge < -0.3 is 10.5 Å². The van der Waals surface area contributed by atoms with Crippen LogP contribution < -0.4 is 10.5 Å². The molecular weight excluding hydrogens is 258 g/mol. The summed E-state index contributed by atoms with van der Waals surface area (Å²) in [5.74, 6) is 0.656. The Hall–Kier alpha value is -1.20. The van der Waals surface area contributed by atoms with Crippen LogP contribution in [0, 0.1) is 13.8 Å². The second kappa shape index (κ2) is 5.43. The molecule has 0 fully saturated rings. The van der Waals surface area contributed by atoms with Crippen molar-refractivity contribution in [3.05, 3.63) is 16.8 Å². The third kappa shape index (κ3) is 2.72. The van der Waals surface area contributed by atoms with Gasteiger partial charge in [0, 0.05) is 10.4 Å². The lowest BCUT2D eigenvalue weighted by Crippen LogP contribution is -2.44. The van der Waals surface area contributed by atoms with Gasteiger partial charge in [-0.15, -0.1) is 11.3 Å². The summed E-state index contributed by atoms with van der Waals surface area (Å²) >= 11 is 1.68. The molecule has 0 aromatic carbocycles. The van der Waals surface area contributed by atoms with E-state index in [0.29, 0.717) is 12.5 Å². The zero-order valence-electron chi connectivity index (χ0n) is 12.0. The van der Waals surface area contributed by atoms with E-state index in [0.717, 1.165) is 23.1 Å². The van der Waals surface area contributed by atoms with Crippen molar-refractivity contribution in [2.45, 2.75) is 46.1 Å². The first-order valence-electron chi connectivity index (χ1n) is 6.63. The smallest absolute Gasteiger partial charge is 0.225 e. The second-order valence-corrected chi connectivity index (χ2v) is 6.20. The maximum absolute atomic E-state index is 6.27. The number of ether oxygens (including phenoxy) is 1. The van der Waals surface area contributed by atoms with Crippen molar-refractivity contribution >= 4 is 21.6 Å². The summed E-state index contributed by atoms with van der Waals surface area (Å²) in [6.45, 7) is 8.84. The molecule has 2 aromatic heterocycles. The van der Waals surface area contributed by atoms with Crippen molar-refractivity contribution in [2.75, 3.05) is 6.61 Å². The Morgan fingerprint density at radius 3 is 2.58 bits per heavy atom. The van der Waals surface area contributed by atoms with E-state index in [2.05, 4.69) is 37.7 Å². The number of hydrogen-bond donors (Lipinski definition) is 1. The molecule has 0 saturated heterocycles. The first kappa shape index (κ1) is 14.2. The maximum Gasteiger partial charge on any atom is 0.225 e. The van der Waals surface area contributed by atoms with Crippen LogP contribution in [0.25, 0.3) is 10.2 Å². The van der Waals surface area contributed by atoms with Crippen LogP contribution in [0.5, 0.6) is 5.88 Å². The quantitative estimate of drug-likeness (QED) is 0.913. The lowest BCUT2D eigenvalue weighted by Gasteiger charge is -2.26. The Morgan fingerprint density at radius 2 is 1.95 bits per heavy atom. The second-order valence-electron chi connectivity index (χ2n) is 5.00. The summed E-state index contributed by atoms with van der Waals surface area (Å²) < 4.78 is 5.89. The van der Waals surface area contributed by atoms with Gasteiger partial charge in [0.05, 0.1) is 5.39 Å². The highest BCUT2D eigenvalue weighted by Crippen LogP contribution is 2.33. The van der Waals surface area contributed by atoms with Gasteiger partial charge in [0.1, 0.15) is 17.8 Å². The number of fused-ring (bicyclic) bond motifs is 1. The molecule has 0 spiro atoms. The average Bonchev–Trinajstić information content (AvgIpc) is 2.72. The molecule has 0 aliphatic rings. The van der Waals surface area contributed by atoms with Crippen LogP contribution in [-0.4, -0.2) is 22.1 Å². The largest absolute Gasteiger partial charge is 0.475 e. The first-order chi connectivity index (χ1) is 9.00. The Morgan fingerprint density at radius 1 is 1.26 bits per heavy atom. The molecule has 0 amide bonds. The minimum absolute atomic E-state index is 0.282. The standard InChI is InChI=1S/C14H21N3OS/c1-5-14(15,6-2)7-18-12-11-9(3)10(4)19-13(11)17-8-16-12/h8H,5-7,15H2,1-4H3. The van der Waals surface area contributed by atoms with Gasteiger partial charge in [-0.25, -0.2) is 9.97 Å². The molecule has 0 aliphatic carbocycles. The molecule has 0 unspecified atom stereocenters. The zero-order chi connectivity index (χ0) is 14.0. The fraction of sp³-hybridized carbons (Fsp3) is 0.571. The minimum atomic E-state index is -0.282. The van der Waals surface area contributed by atoms with Gasteiger partial charge in [-0.3, -0.25) is 0 Å². The van der Waals surface area contributed by atoms with E-state index in [1.807, 2.05) is 0 Å². The Balaban J connectivity index is 2.31. The summed E-state index contributed by atoms with van der Waals surface area (Å²) in [6, 6.07) is 0. The SMILES string of the molecule is CCC(N)(CC)COc1ncnc2sc(C)c(C)c12. The van der Waals surface area contributed by atoms with Crippen molar-refractivity contribution < 1.29 is 4.74 Å². The summed E-state index contributed by atoms with van der Waals surface area (Å²) in [6.07, 6.45) is 3.34. The molecule has 2 aromatic rings. The van der Waals surface area contributed by atoms with Gasteiger partial charge in [0.15, 0.2) is 0 Å². The Bertz CT molecular complexity index is 575. The summed E-state index contributed by atoms with van der Waals surface area (Å²) in [7, 11) is 0. The number of rotatable bonds is 5. The van der Waals surface area contributed by atoms with Crippen molar-refractivity contribution in [1.29, 1.82) is 0 Å². The minimum Gasteiger partial charge on any atom is -0.475 e. The third-order valence-corrected chi connectivity index (χ3v) is 4.95. The topological polar surface area (TPSA) is 61.0 Å². The Labute approximate surface area is 118 Å². The van der Waals surface area contributed by atoms with Crippen molar-refractivity contribution in [3.63, 3.8) is 0 Å². The molecule has 2 N–H and O–H groups in total. The normalized spacial score (nSPS) is 12.1. The van der Waals surface area contributed by atoms with E-state index < -0.39 is 0 Å². The van der Waals surface area contributed by atoms with Gasteiger partial charge in [-0.1, -0.05) is 13.8 Å². The van der Waals surface area contributed by atoms with Crippen LogP contribution in [0.4, 0.5) is 0 Å². The predicted molar refractivity (Wildman–Crippen MR) is 79.9 cm³/mol. The van der Waals surface area contributed by atoms with Crippen molar-refractivity contribution in [1.82, 2.24) is 9.97 Å². The Kier molecular flexibility index (Phi) is 4.06. The number of aromatic nitrogens is 2.